The average molecular weight is 315 g/mol. The maximum atomic E-state index is 13.6. The minimum Gasteiger partial charge on any atom is -0.323 e. The summed E-state index contributed by atoms with van der Waals surface area (Å²) in [6.45, 7) is 1.76. The monoisotopic (exact) mass is 314 g/mol. The highest BCUT2D eigenvalue weighted by Gasteiger charge is 2.24. The van der Waals surface area contributed by atoms with E-state index in [0.717, 1.165) is 25.9 Å². The molecule has 1 amide bonds. The molecule has 0 saturated carbocycles. The maximum Gasteiger partial charge on any atom is 0.228 e. The molecular formula is C13H16BrFN2O. The topological polar surface area (TPSA) is 32.3 Å². The Morgan fingerprint density at radius 1 is 1.56 bits per heavy atom. The zero-order valence-corrected chi connectivity index (χ0v) is 11.8. The van der Waals surface area contributed by atoms with Crippen LogP contribution in [0, 0.1) is 11.7 Å². The second kappa shape index (κ2) is 5.80. The van der Waals surface area contributed by atoms with Crippen molar-refractivity contribution in [3.8, 4) is 0 Å². The summed E-state index contributed by atoms with van der Waals surface area (Å²) in [6.07, 6.45) is 1.88. The number of halogens is 2. The van der Waals surface area contributed by atoms with Gasteiger partial charge in [-0.15, -0.1) is 0 Å². The number of piperidine rings is 1. The molecule has 0 spiro atoms. The van der Waals surface area contributed by atoms with Crippen LogP contribution in [-0.2, 0) is 4.79 Å². The molecular weight excluding hydrogens is 299 g/mol. The Hall–Kier alpha value is -0.940. The number of anilines is 1. The number of carbonyl (C=O) groups excluding carboxylic acids is 1. The fourth-order valence-electron chi connectivity index (χ4n) is 2.21. The number of amides is 1. The van der Waals surface area contributed by atoms with Gasteiger partial charge in [-0.05, 0) is 44.6 Å². The van der Waals surface area contributed by atoms with Crippen molar-refractivity contribution in [1.82, 2.24) is 4.90 Å². The molecule has 1 unspecified atom stereocenters. The van der Waals surface area contributed by atoms with Gasteiger partial charge in [0.05, 0.1) is 11.6 Å². The maximum absolute atomic E-state index is 13.6. The molecule has 1 N–H and O–H groups in total. The first-order valence-electron chi connectivity index (χ1n) is 6.00. The van der Waals surface area contributed by atoms with Crippen LogP contribution in [0.25, 0.3) is 0 Å². The van der Waals surface area contributed by atoms with Crippen molar-refractivity contribution in [3.05, 3.63) is 28.5 Å². The van der Waals surface area contributed by atoms with Crippen molar-refractivity contribution < 1.29 is 9.18 Å². The van der Waals surface area contributed by atoms with E-state index >= 15 is 0 Å². The normalized spacial score (nSPS) is 20.7. The van der Waals surface area contributed by atoms with Crippen molar-refractivity contribution in [2.75, 3.05) is 25.5 Å². The Bertz CT molecular complexity index is 453. The first kappa shape index (κ1) is 13.5. The molecule has 0 bridgehead atoms. The van der Waals surface area contributed by atoms with Gasteiger partial charge < -0.3 is 10.2 Å². The molecule has 1 heterocycles. The Kier molecular flexibility index (Phi) is 4.35. The van der Waals surface area contributed by atoms with E-state index in [2.05, 4.69) is 26.1 Å². The van der Waals surface area contributed by atoms with E-state index in [9.17, 15) is 9.18 Å². The molecule has 1 aliphatic rings. The van der Waals surface area contributed by atoms with Crippen LogP contribution in [0.1, 0.15) is 12.8 Å². The summed E-state index contributed by atoms with van der Waals surface area (Å²) in [4.78, 5) is 14.2. The second-order valence-electron chi connectivity index (χ2n) is 4.71. The van der Waals surface area contributed by atoms with E-state index in [4.69, 9.17) is 0 Å². The Balaban J connectivity index is 2.02. The summed E-state index contributed by atoms with van der Waals surface area (Å²) >= 11 is 3.19. The van der Waals surface area contributed by atoms with E-state index in [0.29, 0.717) is 4.47 Å². The van der Waals surface area contributed by atoms with Crippen LogP contribution < -0.4 is 5.32 Å². The summed E-state index contributed by atoms with van der Waals surface area (Å²) < 4.78 is 14.3. The lowest BCUT2D eigenvalue weighted by molar-refractivity contribution is -0.121. The molecule has 1 aromatic carbocycles. The fourth-order valence-corrected chi connectivity index (χ4v) is 2.54. The first-order chi connectivity index (χ1) is 8.56. The van der Waals surface area contributed by atoms with E-state index in [1.165, 1.54) is 6.07 Å². The predicted octanol–water partition coefficient (Wildman–Crippen LogP) is 2.87. The molecule has 18 heavy (non-hydrogen) atoms. The van der Waals surface area contributed by atoms with Crippen LogP contribution in [0.5, 0.6) is 0 Å². The number of likely N-dealkylation sites (tertiary alicyclic amines) is 1. The molecule has 2 rings (SSSR count). The molecule has 0 aromatic heterocycles. The van der Waals surface area contributed by atoms with Crippen LogP contribution in [0.4, 0.5) is 10.1 Å². The molecule has 3 nitrogen and oxygen atoms in total. The van der Waals surface area contributed by atoms with E-state index in [1.54, 1.807) is 12.1 Å². The summed E-state index contributed by atoms with van der Waals surface area (Å²) in [5, 5.41) is 2.67. The van der Waals surface area contributed by atoms with Gasteiger partial charge in [-0.3, -0.25) is 4.79 Å². The van der Waals surface area contributed by atoms with Crippen LogP contribution in [-0.4, -0.2) is 30.9 Å². The van der Waals surface area contributed by atoms with Crippen LogP contribution in [0.3, 0.4) is 0 Å². The number of benzene rings is 1. The van der Waals surface area contributed by atoms with E-state index in [-0.39, 0.29) is 17.5 Å². The Morgan fingerprint density at radius 2 is 2.33 bits per heavy atom. The van der Waals surface area contributed by atoms with Crippen molar-refractivity contribution in [2.45, 2.75) is 12.8 Å². The molecule has 1 fully saturated rings. The SMILES string of the molecule is CN1CCCC(C(=O)Nc2ccc(Br)cc2F)C1. The van der Waals surface area contributed by atoms with Crippen LogP contribution in [0.2, 0.25) is 0 Å². The Labute approximate surface area is 114 Å². The number of hydrogen-bond donors (Lipinski definition) is 1. The van der Waals surface area contributed by atoms with Crippen molar-refractivity contribution in [1.29, 1.82) is 0 Å². The smallest absolute Gasteiger partial charge is 0.228 e. The lowest BCUT2D eigenvalue weighted by Gasteiger charge is -2.28. The Morgan fingerprint density at radius 3 is 3.00 bits per heavy atom. The van der Waals surface area contributed by atoms with Crippen molar-refractivity contribution in [2.24, 2.45) is 5.92 Å². The quantitative estimate of drug-likeness (QED) is 0.910. The number of rotatable bonds is 2. The third-order valence-electron chi connectivity index (χ3n) is 3.18. The summed E-state index contributed by atoms with van der Waals surface area (Å²) in [7, 11) is 2.00. The lowest BCUT2D eigenvalue weighted by atomic mass is 9.97. The van der Waals surface area contributed by atoms with Gasteiger partial charge in [0, 0.05) is 11.0 Å². The highest BCUT2D eigenvalue weighted by Crippen LogP contribution is 2.22. The molecule has 0 aliphatic carbocycles. The van der Waals surface area contributed by atoms with Crippen molar-refractivity contribution in [3.63, 3.8) is 0 Å². The number of carbonyl (C=O) groups is 1. The van der Waals surface area contributed by atoms with Crippen LogP contribution in [0.15, 0.2) is 22.7 Å². The minimum absolute atomic E-state index is 0.0493. The van der Waals surface area contributed by atoms with Gasteiger partial charge in [-0.25, -0.2) is 4.39 Å². The zero-order chi connectivity index (χ0) is 13.1. The molecule has 1 atom stereocenters. The van der Waals surface area contributed by atoms with Gasteiger partial charge in [-0.1, -0.05) is 15.9 Å². The minimum atomic E-state index is -0.415. The number of nitrogens with zero attached hydrogens (tertiary/aromatic N) is 1. The van der Waals surface area contributed by atoms with Gasteiger partial charge in [0.15, 0.2) is 0 Å². The molecule has 1 aliphatic heterocycles. The first-order valence-corrected chi connectivity index (χ1v) is 6.80. The standard InChI is InChI=1S/C13H16BrFN2O/c1-17-6-2-3-9(8-17)13(18)16-12-5-4-10(14)7-11(12)15/h4-5,7,9H,2-3,6,8H2,1H3,(H,16,18). The van der Waals surface area contributed by atoms with Gasteiger partial charge in [0.25, 0.3) is 0 Å². The number of hydrogen-bond acceptors (Lipinski definition) is 2. The third-order valence-corrected chi connectivity index (χ3v) is 3.68. The largest absolute Gasteiger partial charge is 0.323 e. The zero-order valence-electron chi connectivity index (χ0n) is 10.2. The summed E-state index contributed by atoms with van der Waals surface area (Å²) in [6, 6.07) is 4.64. The summed E-state index contributed by atoms with van der Waals surface area (Å²) in [5.74, 6) is -0.559. The van der Waals surface area contributed by atoms with Gasteiger partial charge in [0.1, 0.15) is 5.82 Å². The highest BCUT2D eigenvalue weighted by molar-refractivity contribution is 9.10. The van der Waals surface area contributed by atoms with Crippen LogP contribution >= 0.6 is 15.9 Å². The molecule has 1 saturated heterocycles. The molecule has 0 radical (unpaired) electrons. The molecule has 98 valence electrons. The van der Waals surface area contributed by atoms with E-state index < -0.39 is 5.82 Å². The average Bonchev–Trinajstić information content (AvgIpc) is 2.32. The van der Waals surface area contributed by atoms with Gasteiger partial charge in [0.2, 0.25) is 5.91 Å². The molecule has 5 heteroatoms. The summed E-state index contributed by atoms with van der Waals surface area (Å²) in [5.41, 5.74) is 0.247. The lowest BCUT2D eigenvalue weighted by Crippen LogP contribution is -2.38. The third kappa shape index (κ3) is 3.29. The van der Waals surface area contributed by atoms with Gasteiger partial charge >= 0.3 is 0 Å². The van der Waals surface area contributed by atoms with E-state index in [1.807, 2.05) is 7.05 Å². The molecule has 1 aromatic rings. The number of nitrogens with one attached hydrogen (secondary N) is 1. The van der Waals surface area contributed by atoms with Crippen molar-refractivity contribution >= 4 is 27.5 Å². The second-order valence-corrected chi connectivity index (χ2v) is 5.63. The fraction of sp³-hybridized carbons (Fsp3) is 0.462. The van der Waals surface area contributed by atoms with Gasteiger partial charge in [-0.2, -0.15) is 0 Å². The highest BCUT2D eigenvalue weighted by atomic mass is 79.9. The predicted molar refractivity (Wildman–Crippen MR) is 73.0 cm³/mol.